The fourth-order valence-corrected chi connectivity index (χ4v) is 1.48. The van der Waals surface area contributed by atoms with Crippen molar-refractivity contribution in [2.45, 2.75) is 25.3 Å². The van der Waals surface area contributed by atoms with Crippen LogP contribution >= 0.6 is 0 Å². The summed E-state index contributed by atoms with van der Waals surface area (Å²) in [7, 11) is 1.95. The molecule has 0 aliphatic carbocycles. The SMILES string of the molecule is C#CCCCC(COc1ccccc1)NC. The van der Waals surface area contributed by atoms with E-state index >= 15 is 0 Å². The van der Waals surface area contributed by atoms with Gasteiger partial charge in [-0.05, 0) is 32.0 Å². The fraction of sp³-hybridized carbons (Fsp3) is 0.429. The zero-order valence-corrected chi connectivity index (χ0v) is 9.78. The average Bonchev–Trinajstić information content (AvgIpc) is 2.35. The largest absolute Gasteiger partial charge is 0.492 e. The van der Waals surface area contributed by atoms with Crippen LogP contribution in [0.1, 0.15) is 19.3 Å². The Morgan fingerprint density at radius 3 is 2.75 bits per heavy atom. The zero-order valence-electron chi connectivity index (χ0n) is 9.78. The van der Waals surface area contributed by atoms with E-state index in [2.05, 4.69) is 11.2 Å². The molecule has 1 N–H and O–H groups in total. The number of likely N-dealkylation sites (N-methyl/N-ethyl adjacent to an activating group) is 1. The van der Waals surface area contributed by atoms with Crippen LogP contribution in [0.4, 0.5) is 0 Å². The molecule has 0 heterocycles. The number of terminal acetylenes is 1. The van der Waals surface area contributed by atoms with Crippen LogP contribution in [0.3, 0.4) is 0 Å². The summed E-state index contributed by atoms with van der Waals surface area (Å²) in [6, 6.07) is 10.2. The number of ether oxygens (including phenoxy) is 1. The highest BCUT2D eigenvalue weighted by Crippen LogP contribution is 2.09. The first-order valence-corrected chi connectivity index (χ1v) is 5.65. The third kappa shape index (κ3) is 4.86. The molecule has 0 spiro atoms. The summed E-state index contributed by atoms with van der Waals surface area (Å²) < 4.78 is 5.68. The van der Waals surface area contributed by atoms with E-state index in [1.165, 1.54) is 0 Å². The van der Waals surface area contributed by atoms with E-state index in [-0.39, 0.29) is 0 Å². The van der Waals surface area contributed by atoms with Crippen molar-refractivity contribution in [2.75, 3.05) is 13.7 Å². The molecule has 16 heavy (non-hydrogen) atoms. The number of benzene rings is 1. The number of rotatable bonds is 7. The maximum absolute atomic E-state index is 5.68. The number of hydrogen-bond donors (Lipinski definition) is 1. The second-order valence-corrected chi connectivity index (χ2v) is 3.71. The molecule has 0 aliphatic heterocycles. The van der Waals surface area contributed by atoms with Crippen molar-refractivity contribution >= 4 is 0 Å². The van der Waals surface area contributed by atoms with Crippen LogP contribution in [0.5, 0.6) is 5.75 Å². The van der Waals surface area contributed by atoms with Crippen molar-refractivity contribution in [3.63, 3.8) is 0 Å². The first-order chi connectivity index (χ1) is 7.86. The Bertz CT molecular complexity index is 315. The van der Waals surface area contributed by atoms with E-state index in [1.807, 2.05) is 37.4 Å². The Morgan fingerprint density at radius 2 is 2.12 bits per heavy atom. The van der Waals surface area contributed by atoms with Gasteiger partial charge >= 0.3 is 0 Å². The van der Waals surface area contributed by atoms with E-state index in [0.29, 0.717) is 12.6 Å². The smallest absolute Gasteiger partial charge is 0.119 e. The minimum atomic E-state index is 0.369. The van der Waals surface area contributed by atoms with Crippen molar-refractivity contribution in [2.24, 2.45) is 0 Å². The maximum Gasteiger partial charge on any atom is 0.119 e. The second-order valence-electron chi connectivity index (χ2n) is 3.71. The molecule has 86 valence electrons. The fourth-order valence-electron chi connectivity index (χ4n) is 1.48. The van der Waals surface area contributed by atoms with Gasteiger partial charge < -0.3 is 10.1 Å². The van der Waals surface area contributed by atoms with E-state index in [9.17, 15) is 0 Å². The lowest BCUT2D eigenvalue weighted by Gasteiger charge is -2.16. The van der Waals surface area contributed by atoms with Gasteiger partial charge in [0.25, 0.3) is 0 Å². The predicted octanol–water partition coefficient (Wildman–Crippen LogP) is 2.46. The molecule has 0 radical (unpaired) electrons. The summed E-state index contributed by atoms with van der Waals surface area (Å²) in [6.07, 6.45) is 8.15. The zero-order chi connectivity index (χ0) is 11.6. The van der Waals surface area contributed by atoms with Gasteiger partial charge in [-0.2, -0.15) is 0 Å². The van der Waals surface area contributed by atoms with Crippen LogP contribution in [0.15, 0.2) is 30.3 Å². The predicted molar refractivity (Wildman–Crippen MR) is 67.5 cm³/mol. The first kappa shape index (κ1) is 12.6. The van der Waals surface area contributed by atoms with Crippen molar-refractivity contribution in [3.05, 3.63) is 30.3 Å². The van der Waals surface area contributed by atoms with Crippen LogP contribution in [-0.4, -0.2) is 19.7 Å². The molecule has 0 bridgehead atoms. The molecule has 0 amide bonds. The monoisotopic (exact) mass is 217 g/mol. The molecule has 1 atom stereocenters. The van der Waals surface area contributed by atoms with Crippen molar-refractivity contribution in [1.82, 2.24) is 5.32 Å². The van der Waals surface area contributed by atoms with Crippen LogP contribution in [0.25, 0.3) is 0 Å². The Hall–Kier alpha value is -1.46. The molecule has 0 saturated heterocycles. The molecule has 0 fully saturated rings. The lowest BCUT2D eigenvalue weighted by molar-refractivity contribution is 0.262. The van der Waals surface area contributed by atoms with Gasteiger partial charge in [0.15, 0.2) is 0 Å². The summed E-state index contributed by atoms with van der Waals surface area (Å²) in [5, 5.41) is 3.24. The van der Waals surface area contributed by atoms with Gasteiger partial charge in [-0.25, -0.2) is 0 Å². The first-order valence-electron chi connectivity index (χ1n) is 5.65. The average molecular weight is 217 g/mol. The van der Waals surface area contributed by atoms with Crippen molar-refractivity contribution in [1.29, 1.82) is 0 Å². The number of unbranched alkanes of at least 4 members (excludes halogenated alkanes) is 1. The molecule has 1 aromatic rings. The highest BCUT2D eigenvalue weighted by Gasteiger charge is 2.05. The van der Waals surface area contributed by atoms with Crippen LogP contribution in [-0.2, 0) is 0 Å². The molecular formula is C14H19NO. The number of para-hydroxylation sites is 1. The van der Waals surface area contributed by atoms with Gasteiger partial charge in [-0.15, -0.1) is 12.3 Å². The molecule has 2 nitrogen and oxygen atoms in total. The molecule has 0 aliphatic rings. The molecular weight excluding hydrogens is 198 g/mol. The molecule has 1 aromatic carbocycles. The van der Waals surface area contributed by atoms with E-state index in [4.69, 9.17) is 11.2 Å². The normalized spacial score (nSPS) is 11.8. The highest BCUT2D eigenvalue weighted by atomic mass is 16.5. The van der Waals surface area contributed by atoms with Gasteiger partial charge in [0, 0.05) is 12.5 Å². The summed E-state index contributed by atoms with van der Waals surface area (Å²) in [4.78, 5) is 0. The van der Waals surface area contributed by atoms with Gasteiger partial charge in [0.05, 0.1) is 0 Å². The molecule has 0 saturated carbocycles. The van der Waals surface area contributed by atoms with Crippen molar-refractivity contribution in [3.8, 4) is 18.1 Å². The molecule has 2 heteroatoms. The second kappa shape index (κ2) is 7.78. The topological polar surface area (TPSA) is 21.3 Å². The summed E-state index contributed by atoms with van der Waals surface area (Å²) in [6.45, 7) is 0.686. The Morgan fingerprint density at radius 1 is 1.38 bits per heavy atom. The minimum Gasteiger partial charge on any atom is -0.492 e. The van der Waals surface area contributed by atoms with Gasteiger partial charge in [-0.1, -0.05) is 18.2 Å². The van der Waals surface area contributed by atoms with Crippen LogP contribution in [0, 0.1) is 12.3 Å². The van der Waals surface area contributed by atoms with Crippen LogP contribution < -0.4 is 10.1 Å². The standard InChI is InChI=1S/C14H19NO/c1-3-4-6-9-13(15-2)12-16-14-10-7-5-8-11-14/h1,5,7-8,10-11,13,15H,4,6,9,12H2,2H3. The van der Waals surface area contributed by atoms with E-state index in [0.717, 1.165) is 25.0 Å². The number of hydrogen-bond acceptors (Lipinski definition) is 2. The number of nitrogens with one attached hydrogen (secondary N) is 1. The minimum absolute atomic E-state index is 0.369. The maximum atomic E-state index is 5.68. The van der Waals surface area contributed by atoms with Gasteiger partial charge in [0.1, 0.15) is 12.4 Å². The molecule has 1 rings (SSSR count). The Labute approximate surface area is 98.0 Å². The lowest BCUT2D eigenvalue weighted by Crippen LogP contribution is -2.31. The molecule has 0 aromatic heterocycles. The van der Waals surface area contributed by atoms with E-state index in [1.54, 1.807) is 0 Å². The summed E-state index contributed by atoms with van der Waals surface area (Å²) >= 11 is 0. The third-order valence-electron chi connectivity index (χ3n) is 2.48. The van der Waals surface area contributed by atoms with Gasteiger partial charge in [-0.3, -0.25) is 0 Å². The lowest BCUT2D eigenvalue weighted by atomic mass is 10.1. The quantitative estimate of drug-likeness (QED) is 0.559. The Balaban J connectivity index is 2.26. The molecule has 1 unspecified atom stereocenters. The van der Waals surface area contributed by atoms with Gasteiger partial charge in [0.2, 0.25) is 0 Å². The summed E-state index contributed by atoms with van der Waals surface area (Å²) in [5.41, 5.74) is 0. The van der Waals surface area contributed by atoms with Crippen LogP contribution in [0.2, 0.25) is 0 Å². The summed E-state index contributed by atoms with van der Waals surface area (Å²) in [5.74, 6) is 3.57. The third-order valence-corrected chi connectivity index (χ3v) is 2.48. The van der Waals surface area contributed by atoms with Crippen molar-refractivity contribution < 1.29 is 4.74 Å². The highest BCUT2D eigenvalue weighted by molar-refractivity contribution is 5.20. The van der Waals surface area contributed by atoms with E-state index < -0.39 is 0 Å². The Kier molecular flexibility index (Phi) is 6.13.